The zero-order chi connectivity index (χ0) is 14.2. The third-order valence-electron chi connectivity index (χ3n) is 4.99. The minimum absolute atomic E-state index is 0.117. The third kappa shape index (κ3) is 2.71. The molecule has 1 aliphatic carbocycles. The molecule has 2 nitrogen and oxygen atoms in total. The van der Waals surface area contributed by atoms with Crippen LogP contribution in [0.2, 0.25) is 10.0 Å². The standard InChI is InChI=1S/C16H21Cl2NO/c17-13-4-1-5-14(18)12(13)10-19-9-3-8-16(11-19)7-2-6-15(16)20/h1,4-5,15,20H,2-3,6-11H2/t15-,16-/m1/s1. The van der Waals surface area contributed by atoms with Crippen molar-refractivity contribution in [1.82, 2.24) is 4.90 Å². The van der Waals surface area contributed by atoms with Crippen LogP contribution in [0, 0.1) is 5.41 Å². The molecule has 2 atom stereocenters. The van der Waals surface area contributed by atoms with Crippen LogP contribution in [0.25, 0.3) is 0 Å². The Morgan fingerprint density at radius 1 is 1.20 bits per heavy atom. The average Bonchev–Trinajstić information content (AvgIpc) is 2.75. The van der Waals surface area contributed by atoms with Crippen molar-refractivity contribution in [3.63, 3.8) is 0 Å². The molecule has 0 amide bonds. The summed E-state index contributed by atoms with van der Waals surface area (Å²) in [5.41, 5.74) is 1.13. The smallest absolute Gasteiger partial charge is 0.0608 e. The van der Waals surface area contributed by atoms with Crippen LogP contribution in [0.4, 0.5) is 0 Å². The molecule has 2 aliphatic rings. The van der Waals surface area contributed by atoms with E-state index in [2.05, 4.69) is 4.90 Å². The molecule has 1 aliphatic heterocycles. The molecule has 0 radical (unpaired) electrons. The molecule has 1 heterocycles. The van der Waals surface area contributed by atoms with Crippen LogP contribution < -0.4 is 0 Å². The summed E-state index contributed by atoms with van der Waals surface area (Å²) < 4.78 is 0. The van der Waals surface area contributed by atoms with Crippen molar-refractivity contribution >= 4 is 23.2 Å². The minimum Gasteiger partial charge on any atom is -0.393 e. The topological polar surface area (TPSA) is 23.5 Å². The molecule has 20 heavy (non-hydrogen) atoms. The Morgan fingerprint density at radius 3 is 2.55 bits per heavy atom. The first-order valence-electron chi connectivity index (χ1n) is 7.44. The second kappa shape index (κ2) is 5.84. The fourth-order valence-electron chi connectivity index (χ4n) is 3.90. The van der Waals surface area contributed by atoms with Gasteiger partial charge in [0.15, 0.2) is 0 Å². The monoisotopic (exact) mass is 313 g/mol. The first-order chi connectivity index (χ1) is 9.61. The van der Waals surface area contributed by atoms with Crippen molar-refractivity contribution in [3.05, 3.63) is 33.8 Å². The summed E-state index contributed by atoms with van der Waals surface area (Å²) in [6, 6.07) is 5.67. The maximum absolute atomic E-state index is 10.3. The molecule has 1 saturated heterocycles. The van der Waals surface area contributed by atoms with Crippen LogP contribution in [0.15, 0.2) is 18.2 Å². The van der Waals surface area contributed by atoms with Gasteiger partial charge in [-0.1, -0.05) is 35.7 Å². The summed E-state index contributed by atoms with van der Waals surface area (Å²) in [6.07, 6.45) is 5.44. The number of nitrogens with zero attached hydrogens (tertiary/aromatic N) is 1. The van der Waals surface area contributed by atoms with E-state index in [1.807, 2.05) is 18.2 Å². The van der Waals surface area contributed by atoms with Crippen LogP contribution in [-0.4, -0.2) is 29.2 Å². The summed E-state index contributed by atoms with van der Waals surface area (Å²) in [6.45, 7) is 2.82. The van der Waals surface area contributed by atoms with Gasteiger partial charge in [-0.15, -0.1) is 0 Å². The maximum Gasteiger partial charge on any atom is 0.0608 e. The van der Waals surface area contributed by atoms with Gasteiger partial charge in [0.1, 0.15) is 0 Å². The van der Waals surface area contributed by atoms with Gasteiger partial charge >= 0.3 is 0 Å². The molecular formula is C16H21Cl2NO. The second-order valence-electron chi connectivity index (χ2n) is 6.28. The Balaban J connectivity index is 1.75. The number of halogens is 2. The molecule has 3 rings (SSSR count). The predicted molar refractivity (Wildman–Crippen MR) is 83.3 cm³/mol. The van der Waals surface area contributed by atoms with Gasteiger partial charge in [-0.2, -0.15) is 0 Å². The molecule has 1 spiro atoms. The van der Waals surface area contributed by atoms with Crippen molar-refractivity contribution < 1.29 is 5.11 Å². The highest BCUT2D eigenvalue weighted by atomic mass is 35.5. The molecule has 4 heteroatoms. The Hall–Kier alpha value is -0.280. The van der Waals surface area contributed by atoms with E-state index in [1.54, 1.807) is 0 Å². The highest BCUT2D eigenvalue weighted by Gasteiger charge is 2.44. The first kappa shape index (κ1) is 14.6. The predicted octanol–water partition coefficient (Wildman–Crippen LogP) is 4.12. The van der Waals surface area contributed by atoms with Gasteiger partial charge in [0.2, 0.25) is 0 Å². The van der Waals surface area contributed by atoms with E-state index in [4.69, 9.17) is 23.2 Å². The van der Waals surface area contributed by atoms with E-state index >= 15 is 0 Å². The number of aliphatic hydroxyl groups is 1. The number of rotatable bonds is 2. The summed E-state index contributed by atoms with van der Waals surface area (Å²) in [5.74, 6) is 0. The lowest BCUT2D eigenvalue weighted by molar-refractivity contribution is -0.0120. The molecule has 1 saturated carbocycles. The van der Waals surface area contributed by atoms with Gasteiger partial charge in [0.25, 0.3) is 0 Å². The van der Waals surface area contributed by atoms with Gasteiger partial charge in [-0.3, -0.25) is 4.90 Å². The number of likely N-dealkylation sites (tertiary alicyclic amines) is 1. The van der Waals surface area contributed by atoms with Gasteiger partial charge in [0.05, 0.1) is 6.10 Å². The van der Waals surface area contributed by atoms with Gasteiger partial charge < -0.3 is 5.11 Å². The molecule has 0 aromatic heterocycles. The van der Waals surface area contributed by atoms with Crippen molar-refractivity contribution in [2.45, 2.75) is 44.8 Å². The first-order valence-corrected chi connectivity index (χ1v) is 8.20. The van der Waals surface area contributed by atoms with E-state index in [9.17, 15) is 5.11 Å². The lowest BCUT2D eigenvalue weighted by Crippen LogP contribution is -2.46. The Morgan fingerprint density at radius 2 is 1.90 bits per heavy atom. The van der Waals surface area contributed by atoms with Crippen LogP contribution in [0.5, 0.6) is 0 Å². The molecule has 2 fully saturated rings. The van der Waals surface area contributed by atoms with Gasteiger partial charge in [-0.05, 0) is 44.4 Å². The molecular weight excluding hydrogens is 293 g/mol. The van der Waals surface area contributed by atoms with Gasteiger partial charge in [0, 0.05) is 34.1 Å². The fraction of sp³-hybridized carbons (Fsp3) is 0.625. The molecule has 1 N–H and O–H groups in total. The molecule has 1 aromatic rings. The summed E-state index contributed by atoms with van der Waals surface area (Å²) in [4.78, 5) is 2.41. The summed E-state index contributed by atoms with van der Waals surface area (Å²) >= 11 is 12.5. The van der Waals surface area contributed by atoms with E-state index < -0.39 is 0 Å². The number of hydrogen-bond acceptors (Lipinski definition) is 2. The summed E-state index contributed by atoms with van der Waals surface area (Å²) in [7, 11) is 0. The largest absolute Gasteiger partial charge is 0.393 e. The van der Waals surface area contributed by atoms with Crippen molar-refractivity contribution in [3.8, 4) is 0 Å². The van der Waals surface area contributed by atoms with E-state index in [1.165, 1.54) is 0 Å². The van der Waals surface area contributed by atoms with E-state index in [0.717, 1.165) is 67.3 Å². The highest BCUT2D eigenvalue weighted by molar-refractivity contribution is 6.35. The van der Waals surface area contributed by atoms with Crippen molar-refractivity contribution in [2.75, 3.05) is 13.1 Å². The van der Waals surface area contributed by atoms with Crippen molar-refractivity contribution in [2.24, 2.45) is 5.41 Å². The van der Waals surface area contributed by atoms with Crippen LogP contribution in [0.3, 0.4) is 0 Å². The lowest BCUT2D eigenvalue weighted by Gasteiger charge is -2.42. The quantitative estimate of drug-likeness (QED) is 0.887. The zero-order valence-corrected chi connectivity index (χ0v) is 13.1. The van der Waals surface area contributed by atoms with Crippen LogP contribution in [-0.2, 0) is 6.54 Å². The van der Waals surface area contributed by atoms with Gasteiger partial charge in [-0.25, -0.2) is 0 Å². The zero-order valence-electron chi connectivity index (χ0n) is 11.6. The highest BCUT2D eigenvalue weighted by Crippen LogP contribution is 2.45. The number of benzene rings is 1. The Bertz CT molecular complexity index is 473. The lowest BCUT2D eigenvalue weighted by atomic mass is 9.76. The summed E-state index contributed by atoms with van der Waals surface area (Å²) in [5, 5.41) is 11.8. The fourth-order valence-corrected chi connectivity index (χ4v) is 4.41. The second-order valence-corrected chi connectivity index (χ2v) is 7.10. The normalized spacial score (nSPS) is 31.1. The molecule has 0 bridgehead atoms. The number of hydrogen-bond donors (Lipinski definition) is 1. The van der Waals surface area contributed by atoms with Crippen LogP contribution >= 0.6 is 23.2 Å². The minimum atomic E-state index is -0.132. The number of aliphatic hydroxyl groups excluding tert-OH is 1. The third-order valence-corrected chi connectivity index (χ3v) is 5.70. The molecule has 0 unspecified atom stereocenters. The molecule has 1 aromatic carbocycles. The Kier molecular flexibility index (Phi) is 4.28. The number of piperidine rings is 1. The SMILES string of the molecule is O[C@@H]1CCC[C@]12CCCN(Cc1c(Cl)cccc1Cl)C2. The van der Waals surface area contributed by atoms with Crippen molar-refractivity contribution in [1.29, 1.82) is 0 Å². The molecule has 110 valence electrons. The maximum atomic E-state index is 10.3. The average molecular weight is 314 g/mol. The van der Waals surface area contributed by atoms with E-state index in [-0.39, 0.29) is 11.5 Å². The van der Waals surface area contributed by atoms with E-state index in [0.29, 0.717) is 0 Å². The van der Waals surface area contributed by atoms with Crippen LogP contribution in [0.1, 0.15) is 37.7 Å². The Labute approximate surface area is 130 Å².